The van der Waals surface area contributed by atoms with Crippen LogP contribution in [0, 0.1) is 0 Å². The second-order valence-electron chi connectivity index (χ2n) is 12.0. The molecule has 0 radical (unpaired) electrons. The fourth-order valence-electron chi connectivity index (χ4n) is 4.35. The van der Waals surface area contributed by atoms with Gasteiger partial charge in [0.05, 0.1) is 25.9 Å². The first kappa shape index (κ1) is 33.0. The van der Waals surface area contributed by atoms with E-state index < -0.39 is 36.2 Å². The van der Waals surface area contributed by atoms with E-state index in [9.17, 15) is 14.4 Å². The van der Waals surface area contributed by atoms with Crippen LogP contribution in [0.15, 0.2) is 91.0 Å². The molecule has 1 saturated heterocycles. The van der Waals surface area contributed by atoms with Gasteiger partial charge in [-0.05, 0) is 36.4 Å². The topological polar surface area (TPSA) is 78.9 Å². The van der Waals surface area contributed by atoms with Gasteiger partial charge in [0.25, 0.3) is 0 Å². The van der Waals surface area contributed by atoms with Crippen molar-refractivity contribution < 1.29 is 28.6 Å². The lowest BCUT2D eigenvalue weighted by Gasteiger charge is -2.46. The molecule has 4 rings (SSSR count). The van der Waals surface area contributed by atoms with Crippen LogP contribution in [0.5, 0.6) is 0 Å². The highest BCUT2D eigenvalue weighted by molar-refractivity contribution is 8.24. The summed E-state index contributed by atoms with van der Waals surface area (Å²) >= 11 is 4.86. The molecule has 3 aromatic rings. The van der Waals surface area contributed by atoms with Gasteiger partial charge >= 0.3 is 17.9 Å². The monoisotopic (exact) mass is 638 g/mol. The largest absolute Gasteiger partial charge is 0.453 e. The van der Waals surface area contributed by atoms with Crippen LogP contribution in [0.25, 0.3) is 0 Å². The third-order valence-electron chi connectivity index (χ3n) is 6.15. The van der Waals surface area contributed by atoms with E-state index in [0.717, 1.165) is 0 Å². The molecule has 3 aromatic carbocycles. The predicted octanol–water partition coefficient (Wildman–Crippen LogP) is 8.13. The van der Waals surface area contributed by atoms with Crippen molar-refractivity contribution in [2.45, 2.75) is 78.5 Å². The van der Waals surface area contributed by atoms with Crippen LogP contribution in [-0.4, -0.2) is 54.9 Å². The van der Waals surface area contributed by atoms with Crippen molar-refractivity contribution in [1.29, 1.82) is 0 Å². The fourth-order valence-corrected chi connectivity index (χ4v) is 10.5. The Morgan fingerprint density at radius 1 is 0.512 bits per heavy atom. The molecule has 0 aromatic heterocycles. The number of thioether (sulfide) groups is 3. The summed E-state index contributed by atoms with van der Waals surface area (Å²) in [5.74, 6) is -1.67. The minimum Gasteiger partial charge on any atom is -0.453 e. The maximum atomic E-state index is 13.6. The average molecular weight is 639 g/mol. The summed E-state index contributed by atoms with van der Waals surface area (Å²) in [4.78, 5) is 40.6. The summed E-state index contributed by atoms with van der Waals surface area (Å²) in [5, 5.41) is 0. The number of esters is 3. The van der Waals surface area contributed by atoms with E-state index in [1.807, 2.05) is 18.2 Å². The third-order valence-corrected chi connectivity index (χ3v) is 10.9. The van der Waals surface area contributed by atoms with Gasteiger partial charge in [-0.15, -0.1) is 35.3 Å². The molecule has 0 N–H and O–H groups in total. The second-order valence-corrected chi connectivity index (χ2v) is 17.9. The number of rotatable bonds is 8. The summed E-state index contributed by atoms with van der Waals surface area (Å²) in [5.41, 5.74) is 1.11. The highest BCUT2D eigenvalue weighted by Crippen LogP contribution is 2.52. The Bertz CT molecular complexity index is 1290. The maximum Gasteiger partial charge on any atom is 0.338 e. The standard InChI is InChI=1S/C34H38O6S3/c1-33(2,3)42-31-26(39-29(36)23-18-12-8-13-19-23)25(38-28(35)22-16-10-7-11-17-22)27(32(41-31)43-34(4,5)6)40-30(37)24-20-14-9-15-21-24/h7-21,25-27,31-32H,1-6H3. The molecule has 1 aliphatic rings. The molecule has 1 fully saturated rings. The number of hydrogen-bond acceptors (Lipinski definition) is 9. The molecule has 0 aliphatic carbocycles. The first-order valence-electron chi connectivity index (χ1n) is 14.1. The van der Waals surface area contributed by atoms with E-state index in [1.165, 1.54) is 0 Å². The summed E-state index contributed by atoms with van der Waals surface area (Å²) in [6.45, 7) is 12.5. The Morgan fingerprint density at radius 2 is 0.791 bits per heavy atom. The molecule has 228 valence electrons. The van der Waals surface area contributed by atoms with Crippen LogP contribution in [0.3, 0.4) is 0 Å². The first-order chi connectivity index (χ1) is 20.3. The summed E-state index contributed by atoms with van der Waals surface area (Å²) in [6, 6.07) is 26.1. The molecule has 0 bridgehead atoms. The van der Waals surface area contributed by atoms with E-state index in [0.29, 0.717) is 16.7 Å². The van der Waals surface area contributed by atoms with Gasteiger partial charge in [-0.25, -0.2) is 14.4 Å². The van der Waals surface area contributed by atoms with E-state index in [2.05, 4.69) is 41.5 Å². The maximum absolute atomic E-state index is 13.6. The van der Waals surface area contributed by atoms with Gasteiger partial charge < -0.3 is 14.2 Å². The Morgan fingerprint density at radius 3 is 1.07 bits per heavy atom. The normalized spacial score (nSPS) is 22.3. The van der Waals surface area contributed by atoms with Gasteiger partial charge in [0.15, 0.2) is 18.3 Å². The van der Waals surface area contributed by atoms with Crippen molar-refractivity contribution in [3.63, 3.8) is 0 Å². The van der Waals surface area contributed by atoms with E-state index in [1.54, 1.807) is 108 Å². The summed E-state index contributed by atoms with van der Waals surface area (Å²) in [7, 11) is 0. The van der Waals surface area contributed by atoms with Gasteiger partial charge in [-0.3, -0.25) is 0 Å². The van der Waals surface area contributed by atoms with Gasteiger partial charge in [-0.1, -0.05) is 96.1 Å². The average Bonchev–Trinajstić information content (AvgIpc) is 2.96. The van der Waals surface area contributed by atoms with Crippen molar-refractivity contribution in [1.82, 2.24) is 0 Å². The zero-order valence-corrected chi connectivity index (χ0v) is 27.7. The zero-order valence-electron chi connectivity index (χ0n) is 25.2. The molecule has 0 amide bonds. The molecule has 1 heterocycles. The molecule has 0 saturated carbocycles. The molecule has 0 spiro atoms. The molecule has 43 heavy (non-hydrogen) atoms. The van der Waals surface area contributed by atoms with Crippen molar-refractivity contribution in [3.05, 3.63) is 108 Å². The quantitative estimate of drug-likeness (QED) is 0.180. The molecule has 1 aliphatic heterocycles. The number of carbonyl (C=O) groups is 3. The van der Waals surface area contributed by atoms with E-state index in [4.69, 9.17) is 14.2 Å². The van der Waals surface area contributed by atoms with Crippen molar-refractivity contribution in [2.75, 3.05) is 0 Å². The fraction of sp³-hybridized carbons (Fsp3) is 0.382. The lowest BCUT2D eigenvalue weighted by atomic mass is 10.1. The number of benzene rings is 3. The predicted molar refractivity (Wildman–Crippen MR) is 177 cm³/mol. The highest BCUT2D eigenvalue weighted by atomic mass is 32.2. The number of ether oxygens (including phenoxy) is 3. The molecule has 4 atom stereocenters. The molecular formula is C34H38O6S3. The van der Waals surface area contributed by atoms with Crippen LogP contribution < -0.4 is 0 Å². The minimum absolute atomic E-state index is 0.215. The van der Waals surface area contributed by atoms with Crippen LogP contribution in [0.2, 0.25) is 0 Å². The minimum atomic E-state index is -1.08. The van der Waals surface area contributed by atoms with Crippen LogP contribution in [-0.2, 0) is 14.2 Å². The lowest BCUT2D eigenvalue weighted by molar-refractivity contribution is -0.0823. The van der Waals surface area contributed by atoms with Gasteiger partial charge in [-0.2, -0.15) is 0 Å². The molecule has 6 nitrogen and oxygen atoms in total. The summed E-state index contributed by atoms with van der Waals surface area (Å²) < 4.78 is 17.6. The SMILES string of the molecule is CC(C)(C)SC1SC(SC(C)(C)C)C(OC(=O)c2ccccc2)C(OC(=O)c2ccccc2)C1OC(=O)c1ccccc1. The third kappa shape index (κ3) is 9.55. The van der Waals surface area contributed by atoms with Crippen molar-refractivity contribution >= 4 is 53.2 Å². The second kappa shape index (κ2) is 14.3. The van der Waals surface area contributed by atoms with Crippen LogP contribution in [0.4, 0.5) is 0 Å². The Kier molecular flexibility index (Phi) is 11.0. The molecule has 4 unspecified atom stereocenters. The van der Waals surface area contributed by atoms with Gasteiger partial charge in [0.1, 0.15) is 0 Å². The lowest BCUT2D eigenvalue weighted by Crippen LogP contribution is -2.57. The van der Waals surface area contributed by atoms with Crippen LogP contribution >= 0.6 is 35.3 Å². The van der Waals surface area contributed by atoms with Gasteiger partial charge in [0.2, 0.25) is 0 Å². The number of hydrogen-bond donors (Lipinski definition) is 0. The molecule has 9 heteroatoms. The zero-order chi connectivity index (χ0) is 31.2. The molecular weight excluding hydrogens is 601 g/mol. The highest BCUT2D eigenvalue weighted by Gasteiger charge is 2.54. The smallest absolute Gasteiger partial charge is 0.338 e. The Hall–Kier alpha value is -2.88. The van der Waals surface area contributed by atoms with Crippen LogP contribution in [0.1, 0.15) is 72.6 Å². The Labute approximate surface area is 267 Å². The van der Waals surface area contributed by atoms with Crippen molar-refractivity contribution in [2.24, 2.45) is 0 Å². The van der Waals surface area contributed by atoms with Gasteiger partial charge in [0, 0.05) is 9.49 Å². The van der Waals surface area contributed by atoms with E-state index in [-0.39, 0.29) is 18.7 Å². The first-order valence-corrected chi connectivity index (χ1v) is 16.8. The number of carbonyl (C=O) groups excluding carboxylic acids is 3. The Balaban J connectivity index is 1.80. The summed E-state index contributed by atoms with van der Waals surface area (Å²) in [6.07, 6.45) is -2.91. The van der Waals surface area contributed by atoms with E-state index >= 15 is 0 Å². The van der Waals surface area contributed by atoms with Crippen molar-refractivity contribution in [3.8, 4) is 0 Å².